The summed E-state index contributed by atoms with van der Waals surface area (Å²) in [7, 11) is 3.58. The van der Waals surface area contributed by atoms with E-state index in [0.717, 1.165) is 6.54 Å². The topological polar surface area (TPSA) is 97.1 Å². The molecule has 0 bridgehead atoms. The quantitative estimate of drug-likeness (QED) is 0.643. The third-order valence-corrected chi connectivity index (χ3v) is 3.62. The van der Waals surface area contributed by atoms with Gasteiger partial charge in [0, 0.05) is 26.7 Å². The Labute approximate surface area is 131 Å². The summed E-state index contributed by atoms with van der Waals surface area (Å²) in [5.41, 5.74) is 4.76. The fourth-order valence-corrected chi connectivity index (χ4v) is 2.10. The number of carbonyl (C=O) groups is 2. The highest BCUT2D eigenvalue weighted by Crippen LogP contribution is 2.07. The van der Waals surface area contributed by atoms with Gasteiger partial charge in [-0.05, 0) is 20.9 Å². The minimum Gasteiger partial charge on any atom is -0.377 e. The number of amides is 3. The zero-order chi connectivity index (χ0) is 16.8. The molecule has 1 rings (SSSR count). The molecule has 0 saturated carbocycles. The maximum atomic E-state index is 12.3. The minimum absolute atomic E-state index is 0.126. The molecule has 128 valence electrons. The number of likely N-dealkylation sites (N-methyl/N-ethyl adjacent to an activating group) is 1. The van der Waals surface area contributed by atoms with Crippen LogP contribution in [0.2, 0.25) is 0 Å². The van der Waals surface area contributed by atoms with Crippen molar-refractivity contribution >= 4 is 11.9 Å². The smallest absolute Gasteiger partial charge is 0.318 e. The van der Waals surface area contributed by atoms with Crippen molar-refractivity contribution in [1.82, 2.24) is 15.1 Å². The monoisotopic (exact) mass is 316 g/mol. The van der Waals surface area contributed by atoms with Crippen LogP contribution in [0.25, 0.3) is 0 Å². The lowest BCUT2D eigenvalue weighted by Crippen LogP contribution is -2.53. The van der Waals surface area contributed by atoms with Gasteiger partial charge in [-0.3, -0.25) is 4.79 Å². The van der Waals surface area contributed by atoms with Gasteiger partial charge in [0.1, 0.15) is 6.54 Å². The van der Waals surface area contributed by atoms with Crippen LogP contribution in [-0.4, -0.2) is 86.9 Å². The second-order valence-electron chi connectivity index (χ2n) is 6.22. The van der Waals surface area contributed by atoms with Crippen molar-refractivity contribution in [3.8, 4) is 0 Å². The number of primary amides is 1. The number of urea groups is 1. The molecular weight excluding hydrogens is 288 g/mol. The van der Waals surface area contributed by atoms with E-state index in [2.05, 4.69) is 10.2 Å². The van der Waals surface area contributed by atoms with Gasteiger partial charge in [-0.1, -0.05) is 0 Å². The largest absolute Gasteiger partial charge is 0.377 e. The van der Waals surface area contributed by atoms with Crippen LogP contribution in [0.5, 0.6) is 0 Å². The Kier molecular flexibility index (Phi) is 7.05. The molecule has 3 N–H and O–H groups in total. The van der Waals surface area contributed by atoms with Gasteiger partial charge in [-0.25, -0.2) is 4.79 Å². The molecule has 0 radical (unpaired) electrons. The number of rotatable bonds is 7. The molecule has 1 aliphatic heterocycles. The Morgan fingerprint density at radius 1 is 1.50 bits per heavy atom. The number of hydrogen-bond acceptors (Lipinski definition) is 5. The lowest BCUT2D eigenvalue weighted by atomic mass is 10.1. The molecule has 8 heteroatoms. The van der Waals surface area contributed by atoms with Gasteiger partial charge in [-0.2, -0.15) is 0 Å². The van der Waals surface area contributed by atoms with Crippen molar-refractivity contribution < 1.29 is 19.1 Å². The molecule has 0 aromatic rings. The number of morpholine rings is 1. The lowest BCUT2D eigenvalue weighted by molar-refractivity contribution is -0.119. The van der Waals surface area contributed by atoms with Gasteiger partial charge in [0.05, 0.1) is 24.9 Å². The Hall–Kier alpha value is -1.38. The van der Waals surface area contributed by atoms with E-state index in [1.165, 1.54) is 4.90 Å². The Bertz CT molecular complexity index is 389. The number of nitrogens with one attached hydrogen (secondary N) is 1. The van der Waals surface area contributed by atoms with E-state index in [1.54, 1.807) is 7.11 Å². The Balaban J connectivity index is 2.58. The van der Waals surface area contributed by atoms with Crippen molar-refractivity contribution in [1.29, 1.82) is 0 Å². The number of carbonyl (C=O) groups excluding carboxylic acids is 2. The van der Waals surface area contributed by atoms with Crippen LogP contribution in [0.15, 0.2) is 0 Å². The van der Waals surface area contributed by atoms with E-state index < -0.39 is 11.5 Å². The molecule has 1 heterocycles. The van der Waals surface area contributed by atoms with Crippen LogP contribution >= 0.6 is 0 Å². The number of methoxy groups -OCH3 is 1. The van der Waals surface area contributed by atoms with Crippen LogP contribution in [0.4, 0.5) is 4.79 Å². The summed E-state index contributed by atoms with van der Waals surface area (Å²) in [6.45, 7) is 6.45. The van der Waals surface area contributed by atoms with E-state index in [0.29, 0.717) is 26.2 Å². The molecule has 0 aromatic carbocycles. The molecule has 1 aliphatic rings. The van der Waals surface area contributed by atoms with Crippen molar-refractivity contribution in [3.05, 3.63) is 0 Å². The summed E-state index contributed by atoms with van der Waals surface area (Å²) in [4.78, 5) is 27.0. The highest BCUT2D eigenvalue weighted by atomic mass is 16.5. The molecule has 0 unspecified atom stereocenters. The molecule has 0 aliphatic carbocycles. The normalized spacial score (nSPS) is 19.7. The number of nitrogens with two attached hydrogens (primary N) is 1. The summed E-state index contributed by atoms with van der Waals surface area (Å²) >= 11 is 0. The average molecular weight is 316 g/mol. The number of nitrogens with zero attached hydrogens (tertiary/aromatic N) is 2. The summed E-state index contributed by atoms with van der Waals surface area (Å²) in [5, 5.41) is 2.77. The highest BCUT2D eigenvalue weighted by molar-refractivity contribution is 5.83. The van der Waals surface area contributed by atoms with Crippen LogP contribution < -0.4 is 11.1 Å². The third kappa shape index (κ3) is 6.59. The molecule has 0 aromatic heterocycles. The van der Waals surface area contributed by atoms with Gasteiger partial charge >= 0.3 is 6.03 Å². The summed E-state index contributed by atoms with van der Waals surface area (Å²) in [6.07, 6.45) is -0.126. The first-order valence-electron chi connectivity index (χ1n) is 7.40. The predicted molar refractivity (Wildman–Crippen MR) is 82.5 cm³/mol. The number of ether oxygens (including phenoxy) is 2. The first-order chi connectivity index (χ1) is 10.2. The third-order valence-electron chi connectivity index (χ3n) is 3.62. The molecule has 0 spiro atoms. The summed E-state index contributed by atoms with van der Waals surface area (Å²) < 4.78 is 10.9. The zero-order valence-electron chi connectivity index (χ0n) is 13.9. The van der Waals surface area contributed by atoms with Crippen LogP contribution in [-0.2, 0) is 14.3 Å². The van der Waals surface area contributed by atoms with E-state index in [4.69, 9.17) is 15.2 Å². The fraction of sp³-hybridized carbons (Fsp3) is 0.857. The summed E-state index contributed by atoms with van der Waals surface area (Å²) in [5.74, 6) is -0.551. The summed E-state index contributed by atoms with van der Waals surface area (Å²) in [6, 6.07) is -0.347. The number of hydrogen-bond donors (Lipinski definition) is 2. The molecular formula is C14H28N4O4. The van der Waals surface area contributed by atoms with Crippen LogP contribution in [0.1, 0.15) is 13.8 Å². The van der Waals surface area contributed by atoms with Gasteiger partial charge in [0.15, 0.2) is 0 Å². The molecule has 8 nitrogen and oxygen atoms in total. The Morgan fingerprint density at radius 3 is 2.73 bits per heavy atom. The van der Waals surface area contributed by atoms with Gasteiger partial charge in [0.2, 0.25) is 5.91 Å². The van der Waals surface area contributed by atoms with Gasteiger partial charge in [-0.15, -0.1) is 0 Å². The second-order valence-corrected chi connectivity index (χ2v) is 6.22. The molecule has 22 heavy (non-hydrogen) atoms. The molecule has 3 amide bonds. The van der Waals surface area contributed by atoms with E-state index in [-0.39, 0.29) is 18.7 Å². The van der Waals surface area contributed by atoms with Crippen molar-refractivity contribution in [2.24, 2.45) is 5.73 Å². The fourth-order valence-electron chi connectivity index (χ4n) is 2.10. The molecule has 1 atom stereocenters. The molecule has 1 fully saturated rings. The van der Waals surface area contributed by atoms with Crippen molar-refractivity contribution in [2.45, 2.75) is 25.6 Å². The SMILES string of the molecule is COC(C)(C)CNC(=O)N(CC(N)=O)C[C@@H]1CN(C)CCO1. The maximum Gasteiger partial charge on any atom is 0.318 e. The zero-order valence-corrected chi connectivity index (χ0v) is 13.9. The standard InChI is InChI=1S/C14H28N4O4/c1-14(2,21-4)10-16-13(20)18(9-12(15)19)8-11-7-17(3)5-6-22-11/h11H,5-10H2,1-4H3,(H2,15,19)(H,16,20)/t11-/m0/s1. The Morgan fingerprint density at radius 2 is 2.18 bits per heavy atom. The van der Waals surface area contributed by atoms with Crippen LogP contribution in [0.3, 0.4) is 0 Å². The van der Waals surface area contributed by atoms with Crippen molar-refractivity contribution in [3.63, 3.8) is 0 Å². The van der Waals surface area contributed by atoms with Gasteiger partial charge in [0.25, 0.3) is 0 Å². The van der Waals surface area contributed by atoms with Crippen molar-refractivity contribution in [2.75, 3.05) is 53.5 Å². The van der Waals surface area contributed by atoms with E-state index in [9.17, 15) is 9.59 Å². The van der Waals surface area contributed by atoms with E-state index in [1.807, 2.05) is 20.9 Å². The lowest BCUT2D eigenvalue weighted by Gasteiger charge is -2.34. The second kappa shape index (κ2) is 8.30. The van der Waals surface area contributed by atoms with Crippen LogP contribution in [0, 0.1) is 0 Å². The van der Waals surface area contributed by atoms with E-state index >= 15 is 0 Å². The average Bonchev–Trinajstić information content (AvgIpc) is 2.44. The first-order valence-corrected chi connectivity index (χ1v) is 7.40. The predicted octanol–water partition coefficient (Wildman–Crippen LogP) is -0.761. The van der Waals surface area contributed by atoms with Gasteiger partial charge < -0.3 is 30.3 Å². The maximum absolute atomic E-state index is 12.3. The highest BCUT2D eigenvalue weighted by Gasteiger charge is 2.26. The first kappa shape index (κ1) is 18.7. The minimum atomic E-state index is -0.551. The molecule has 1 saturated heterocycles.